The lowest BCUT2D eigenvalue weighted by Gasteiger charge is -2.25. The van der Waals surface area contributed by atoms with Crippen molar-refractivity contribution in [3.8, 4) is 0 Å². The van der Waals surface area contributed by atoms with Crippen LogP contribution in [0.15, 0.2) is 30.3 Å². The summed E-state index contributed by atoms with van der Waals surface area (Å²) in [4.78, 5) is 61.7. The Balaban J connectivity index is 3.13. The molecule has 1 aromatic carbocycles. The second-order valence-electron chi connectivity index (χ2n) is 8.77. The summed E-state index contributed by atoms with van der Waals surface area (Å²) in [6.45, 7) is 3.50. The van der Waals surface area contributed by atoms with E-state index < -0.39 is 53.8 Å². The van der Waals surface area contributed by atoms with Gasteiger partial charge < -0.3 is 32.5 Å². The third-order valence-electron chi connectivity index (χ3n) is 5.47. The summed E-state index contributed by atoms with van der Waals surface area (Å²) in [6, 6.07) is 4.55. The van der Waals surface area contributed by atoms with Crippen molar-refractivity contribution < 1.29 is 29.1 Å². The Morgan fingerprint density at radius 3 is 1.97 bits per heavy atom. The molecule has 1 aromatic rings. The topological polar surface area (TPSA) is 194 Å². The molecule has 0 aromatic heterocycles. The van der Waals surface area contributed by atoms with E-state index in [-0.39, 0.29) is 31.6 Å². The number of aliphatic carboxylic acids is 1. The molecule has 36 heavy (non-hydrogen) atoms. The summed E-state index contributed by atoms with van der Waals surface area (Å²) in [5, 5.41) is 17.1. The number of benzene rings is 1. The molecule has 1 rings (SSSR count). The molecule has 200 valence electrons. The van der Waals surface area contributed by atoms with Crippen LogP contribution in [0, 0.1) is 5.92 Å². The van der Waals surface area contributed by atoms with E-state index in [1.54, 1.807) is 44.2 Å². The van der Waals surface area contributed by atoms with Crippen LogP contribution in [-0.4, -0.2) is 70.9 Å². The summed E-state index contributed by atoms with van der Waals surface area (Å²) in [5.41, 5.74) is 11.8. The number of nitrogens with one attached hydrogen (secondary N) is 3. The second kappa shape index (κ2) is 15.8. The lowest BCUT2D eigenvalue weighted by atomic mass is 10.0. The summed E-state index contributed by atoms with van der Waals surface area (Å²) in [6.07, 6.45) is 1.84. The molecule has 0 heterocycles. The minimum atomic E-state index is -1.18. The molecule has 8 N–H and O–H groups in total. The number of carbonyl (C=O) groups is 5. The molecule has 0 aliphatic carbocycles. The van der Waals surface area contributed by atoms with E-state index in [2.05, 4.69) is 16.0 Å². The largest absolute Gasteiger partial charge is 0.480 e. The van der Waals surface area contributed by atoms with E-state index in [0.717, 1.165) is 5.56 Å². The Morgan fingerprint density at radius 1 is 0.889 bits per heavy atom. The standard InChI is InChI=1S/C24H37N5O6S/c1-14(2)20(26)23(33)27-16(9-10-19(25)30)21(31)29-18(13-15-7-5-4-6-8-15)22(32)28-17(24(34)35)11-12-36-3/h4-8,14,16-18,20H,9-13,26H2,1-3H3,(H2,25,30)(H,27,33)(H,28,32)(H,29,31)(H,34,35). The van der Waals surface area contributed by atoms with E-state index in [1.807, 2.05) is 6.26 Å². The molecule has 0 fully saturated rings. The van der Waals surface area contributed by atoms with Gasteiger partial charge in [0.1, 0.15) is 18.1 Å². The van der Waals surface area contributed by atoms with Crippen LogP contribution in [0.2, 0.25) is 0 Å². The number of rotatable bonds is 16. The Hall–Kier alpha value is -3.12. The van der Waals surface area contributed by atoms with Gasteiger partial charge in [0, 0.05) is 12.8 Å². The molecule has 4 unspecified atom stereocenters. The van der Waals surface area contributed by atoms with Crippen LogP contribution < -0.4 is 27.4 Å². The van der Waals surface area contributed by atoms with E-state index in [1.165, 1.54) is 11.8 Å². The van der Waals surface area contributed by atoms with Crippen LogP contribution >= 0.6 is 11.8 Å². The maximum absolute atomic E-state index is 13.2. The fourth-order valence-corrected chi connectivity index (χ4v) is 3.69. The zero-order chi connectivity index (χ0) is 27.3. The third-order valence-corrected chi connectivity index (χ3v) is 6.12. The molecule has 12 heteroatoms. The van der Waals surface area contributed by atoms with Gasteiger partial charge in [0.25, 0.3) is 0 Å². The first kappa shape index (κ1) is 30.9. The molecule has 0 radical (unpaired) electrons. The van der Waals surface area contributed by atoms with Crippen LogP contribution in [0.5, 0.6) is 0 Å². The molecule has 0 saturated heterocycles. The average Bonchev–Trinajstić information content (AvgIpc) is 2.83. The zero-order valence-electron chi connectivity index (χ0n) is 20.9. The SMILES string of the molecule is CSCCC(NC(=O)C(Cc1ccccc1)NC(=O)C(CCC(N)=O)NC(=O)C(N)C(C)C)C(=O)O. The normalized spacial score (nSPS) is 14.2. The minimum Gasteiger partial charge on any atom is -0.480 e. The Kier molecular flexibility index (Phi) is 13.6. The number of thioether (sulfide) groups is 1. The van der Waals surface area contributed by atoms with Crippen molar-refractivity contribution >= 4 is 41.4 Å². The van der Waals surface area contributed by atoms with Gasteiger partial charge in [-0.15, -0.1) is 0 Å². The molecule has 0 saturated carbocycles. The number of hydrogen-bond donors (Lipinski definition) is 6. The maximum Gasteiger partial charge on any atom is 0.326 e. The third kappa shape index (κ3) is 11.1. The number of carboxylic acids is 1. The van der Waals surface area contributed by atoms with Gasteiger partial charge in [-0.3, -0.25) is 19.2 Å². The van der Waals surface area contributed by atoms with Crippen molar-refractivity contribution in [2.75, 3.05) is 12.0 Å². The van der Waals surface area contributed by atoms with Crippen molar-refractivity contribution in [3.05, 3.63) is 35.9 Å². The molecule has 0 bridgehead atoms. The number of nitrogens with two attached hydrogens (primary N) is 2. The van der Waals surface area contributed by atoms with Gasteiger partial charge >= 0.3 is 5.97 Å². The Labute approximate surface area is 215 Å². The van der Waals surface area contributed by atoms with Crippen LogP contribution in [0.1, 0.15) is 38.7 Å². The molecule has 0 aliphatic rings. The molecule has 4 amide bonds. The minimum absolute atomic E-state index is 0.0786. The van der Waals surface area contributed by atoms with E-state index in [9.17, 15) is 29.1 Å². The van der Waals surface area contributed by atoms with Crippen molar-refractivity contribution in [1.29, 1.82) is 0 Å². The number of primary amides is 1. The maximum atomic E-state index is 13.2. The van der Waals surface area contributed by atoms with Gasteiger partial charge in [0.05, 0.1) is 6.04 Å². The average molecular weight is 524 g/mol. The predicted octanol–water partition coefficient (Wildman–Crippen LogP) is -0.230. The first-order valence-corrected chi connectivity index (χ1v) is 13.1. The van der Waals surface area contributed by atoms with Crippen LogP contribution in [0.3, 0.4) is 0 Å². The van der Waals surface area contributed by atoms with Gasteiger partial charge in [-0.05, 0) is 36.3 Å². The van der Waals surface area contributed by atoms with Gasteiger partial charge in [-0.1, -0.05) is 44.2 Å². The Morgan fingerprint density at radius 2 is 1.44 bits per heavy atom. The molecular weight excluding hydrogens is 486 g/mol. The highest BCUT2D eigenvalue weighted by atomic mass is 32.2. The van der Waals surface area contributed by atoms with Gasteiger partial charge in [0.15, 0.2) is 0 Å². The molecule has 0 aliphatic heterocycles. The summed E-state index contributed by atoms with van der Waals surface area (Å²) < 4.78 is 0. The van der Waals surface area contributed by atoms with Gasteiger partial charge in [-0.2, -0.15) is 11.8 Å². The predicted molar refractivity (Wildman–Crippen MR) is 138 cm³/mol. The highest BCUT2D eigenvalue weighted by Crippen LogP contribution is 2.08. The molecular formula is C24H37N5O6S. The van der Waals surface area contributed by atoms with Crippen LogP contribution in [0.25, 0.3) is 0 Å². The Bertz CT molecular complexity index is 898. The van der Waals surface area contributed by atoms with Crippen molar-refractivity contribution in [2.24, 2.45) is 17.4 Å². The monoisotopic (exact) mass is 523 g/mol. The fourth-order valence-electron chi connectivity index (χ4n) is 3.22. The lowest BCUT2D eigenvalue weighted by Crippen LogP contribution is -2.58. The smallest absolute Gasteiger partial charge is 0.326 e. The molecule has 11 nitrogen and oxygen atoms in total. The zero-order valence-corrected chi connectivity index (χ0v) is 21.7. The summed E-state index contributed by atoms with van der Waals surface area (Å²) in [5.74, 6) is -3.50. The van der Waals surface area contributed by atoms with Crippen LogP contribution in [0.4, 0.5) is 0 Å². The first-order valence-electron chi connectivity index (χ1n) is 11.7. The highest BCUT2D eigenvalue weighted by molar-refractivity contribution is 7.98. The van der Waals surface area contributed by atoms with Crippen LogP contribution in [-0.2, 0) is 30.4 Å². The van der Waals surface area contributed by atoms with Crippen molar-refractivity contribution in [1.82, 2.24) is 16.0 Å². The van der Waals surface area contributed by atoms with Gasteiger partial charge in [0.2, 0.25) is 23.6 Å². The quantitative estimate of drug-likeness (QED) is 0.171. The molecule has 0 spiro atoms. The highest BCUT2D eigenvalue weighted by Gasteiger charge is 2.31. The number of carboxylic acid groups (broad SMARTS) is 1. The number of carbonyl (C=O) groups excluding carboxylic acids is 4. The fraction of sp³-hybridized carbons (Fsp3) is 0.542. The summed E-state index contributed by atoms with van der Waals surface area (Å²) in [7, 11) is 0. The molecule has 4 atom stereocenters. The van der Waals surface area contributed by atoms with Crippen molar-refractivity contribution in [2.45, 2.75) is 63.7 Å². The summed E-state index contributed by atoms with van der Waals surface area (Å²) >= 11 is 1.45. The van der Waals surface area contributed by atoms with E-state index in [4.69, 9.17) is 11.5 Å². The second-order valence-corrected chi connectivity index (χ2v) is 9.75. The number of hydrogen-bond acceptors (Lipinski definition) is 7. The van der Waals surface area contributed by atoms with E-state index >= 15 is 0 Å². The van der Waals surface area contributed by atoms with Gasteiger partial charge in [-0.25, -0.2) is 4.79 Å². The lowest BCUT2D eigenvalue weighted by molar-refractivity contribution is -0.142. The van der Waals surface area contributed by atoms with Crippen molar-refractivity contribution in [3.63, 3.8) is 0 Å². The van der Waals surface area contributed by atoms with E-state index in [0.29, 0.717) is 5.75 Å². The first-order chi connectivity index (χ1) is 17.0. The number of amides is 4.